The van der Waals surface area contributed by atoms with Crippen LogP contribution in [0.15, 0.2) is 53.4 Å². The zero-order valence-electron chi connectivity index (χ0n) is 14.5. The van der Waals surface area contributed by atoms with Gasteiger partial charge in [0.1, 0.15) is 0 Å². The number of nitrogens with one attached hydrogen (secondary N) is 1. The molecule has 0 saturated carbocycles. The van der Waals surface area contributed by atoms with Crippen molar-refractivity contribution in [3.8, 4) is 0 Å². The quantitative estimate of drug-likeness (QED) is 0.904. The molecule has 2 aromatic carbocycles. The van der Waals surface area contributed by atoms with E-state index in [1.165, 1.54) is 29.8 Å². The lowest BCUT2D eigenvalue weighted by Crippen LogP contribution is -2.41. The summed E-state index contributed by atoms with van der Waals surface area (Å²) in [6.45, 7) is 5.98. The SMILES string of the molecule is CCc1ccc(C(C)(C)NC(=O)c2ccc(S(C)(=O)=O)cc2)cc1. The molecule has 0 aliphatic rings. The number of hydrogen-bond acceptors (Lipinski definition) is 3. The van der Waals surface area contributed by atoms with Crippen LogP contribution in [0.1, 0.15) is 42.3 Å². The van der Waals surface area contributed by atoms with Crippen molar-refractivity contribution in [2.75, 3.05) is 6.26 Å². The fraction of sp³-hybridized carbons (Fsp3) is 0.316. The average Bonchev–Trinajstić information content (AvgIpc) is 2.54. The van der Waals surface area contributed by atoms with Crippen LogP contribution >= 0.6 is 0 Å². The minimum absolute atomic E-state index is 0.202. The molecule has 1 amide bonds. The van der Waals surface area contributed by atoms with Crippen LogP contribution in [0.2, 0.25) is 0 Å². The van der Waals surface area contributed by atoms with Crippen LogP contribution in [-0.2, 0) is 21.8 Å². The van der Waals surface area contributed by atoms with Gasteiger partial charge in [0.25, 0.3) is 5.91 Å². The largest absolute Gasteiger partial charge is 0.343 e. The Labute approximate surface area is 143 Å². The molecule has 4 nitrogen and oxygen atoms in total. The van der Waals surface area contributed by atoms with Crippen LogP contribution in [0.5, 0.6) is 0 Å². The molecule has 0 unspecified atom stereocenters. The van der Waals surface area contributed by atoms with E-state index in [-0.39, 0.29) is 10.8 Å². The molecule has 0 heterocycles. The van der Waals surface area contributed by atoms with E-state index in [2.05, 4.69) is 24.4 Å². The molecule has 128 valence electrons. The van der Waals surface area contributed by atoms with Gasteiger partial charge < -0.3 is 5.32 Å². The van der Waals surface area contributed by atoms with Crippen LogP contribution in [0.4, 0.5) is 0 Å². The lowest BCUT2D eigenvalue weighted by Gasteiger charge is -2.27. The lowest BCUT2D eigenvalue weighted by molar-refractivity contribution is 0.0912. The Bertz CT molecular complexity index is 820. The van der Waals surface area contributed by atoms with Crippen molar-refractivity contribution < 1.29 is 13.2 Å². The van der Waals surface area contributed by atoms with Gasteiger partial charge in [0.15, 0.2) is 9.84 Å². The molecule has 2 aromatic rings. The Morgan fingerprint density at radius 3 is 2.00 bits per heavy atom. The lowest BCUT2D eigenvalue weighted by atomic mass is 9.92. The number of carbonyl (C=O) groups is 1. The van der Waals surface area contributed by atoms with E-state index in [1.807, 2.05) is 26.0 Å². The summed E-state index contributed by atoms with van der Waals surface area (Å²) in [5, 5.41) is 3.00. The highest BCUT2D eigenvalue weighted by atomic mass is 32.2. The van der Waals surface area contributed by atoms with E-state index in [1.54, 1.807) is 0 Å². The molecule has 0 fully saturated rings. The van der Waals surface area contributed by atoms with Crippen molar-refractivity contribution in [1.29, 1.82) is 0 Å². The van der Waals surface area contributed by atoms with E-state index < -0.39 is 15.4 Å². The second-order valence-corrected chi connectivity index (χ2v) is 8.44. The van der Waals surface area contributed by atoms with Crippen LogP contribution in [0, 0.1) is 0 Å². The van der Waals surface area contributed by atoms with Crippen LogP contribution in [-0.4, -0.2) is 20.6 Å². The molecule has 0 atom stereocenters. The standard InChI is InChI=1S/C19H23NO3S/c1-5-14-6-10-16(11-7-14)19(2,3)20-18(21)15-8-12-17(13-9-15)24(4,22)23/h6-13H,5H2,1-4H3,(H,20,21). The van der Waals surface area contributed by atoms with E-state index in [0.29, 0.717) is 5.56 Å². The molecule has 0 aliphatic carbocycles. The maximum atomic E-state index is 12.5. The number of carbonyl (C=O) groups excluding carboxylic acids is 1. The highest BCUT2D eigenvalue weighted by molar-refractivity contribution is 7.90. The van der Waals surface area contributed by atoms with E-state index in [9.17, 15) is 13.2 Å². The molecule has 1 N–H and O–H groups in total. The Balaban J connectivity index is 2.17. The van der Waals surface area contributed by atoms with Gasteiger partial charge in [-0.15, -0.1) is 0 Å². The Hall–Kier alpha value is -2.14. The summed E-state index contributed by atoms with van der Waals surface area (Å²) in [4.78, 5) is 12.7. The molecule has 5 heteroatoms. The molecule has 0 aliphatic heterocycles. The van der Waals surface area contributed by atoms with Gasteiger partial charge in [-0.25, -0.2) is 8.42 Å². The van der Waals surface area contributed by atoms with E-state index >= 15 is 0 Å². The number of hydrogen-bond donors (Lipinski definition) is 1. The van der Waals surface area contributed by atoms with Crippen molar-refractivity contribution in [3.63, 3.8) is 0 Å². The summed E-state index contributed by atoms with van der Waals surface area (Å²) in [6, 6.07) is 14.1. The molecule has 0 radical (unpaired) electrons. The summed E-state index contributed by atoms with van der Waals surface area (Å²) in [5.41, 5.74) is 2.16. The molecule has 0 saturated heterocycles. The molecule has 24 heavy (non-hydrogen) atoms. The van der Waals surface area contributed by atoms with Gasteiger partial charge in [-0.05, 0) is 55.7 Å². The summed E-state index contributed by atoms with van der Waals surface area (Å²) in [7, 11) is -3.26. The first-order valence-electron chi connectivity index (χ1n) is 7.85. The zero-order chi connectivity index (χ0) is 18.0. The van der Waals surface area contributed by atoms with Gasteiger partial charge in [0, 0.05) is 11.8 Å². The number of sulfone groups is 1. The molecule has 0 spiro atoms. The third-order valence-electron chi connectivity index (χ3n) is 4.05. The third kappa shape index (κ3) is 4.23. The fourth-order valence-corrected chi connectivity index (χ4v) is 3.07. The van der Waals surface area contributed by atoms with Crippen molar-refractivity contribution >= 4 is 15.7 Å². The number of aryl methyl sites for hydroxylation is 1. The Morgan fingerprint density at radius 2 is 1.54 bits per heavy atom. The first kappa shape index (κ1) is 18.2. The second kappa shape index (κ2) is 6.77. The topological polar surface area (TPSA) is 63.2 Å². The Kier molecular flexibility index (Phi) is 5.13. The molecule has 2 rings (SSSR count). The van der Waals surface area contributed by atoms with Crippen molar-refractivity contribution in [2.24, 2.45) is 0 Å². The zero-order valence-corrected chi connectivity index (χ0v) is 15.3. The predicted molar refractivity (Wildman–Crippen MR) is 95.9 cm³/mol. The molecular weight excluding hydrogens is 322 g/mol. The molecule has 0 aromatic heterocycles. The van der Waals surface area contributed by atoms with E-state index in [4.69, 9.17) is 0 Å². The van der Waals surface area contributed by atoms with Crippen molar-refractivity contribution in [3.05, 3.63) is 65.2 Å². The number of rotatable bonds is 5. The maximum absolute atomic E-state index is 12.5. The van der Waals surface area contributed by atoms with Gasteiger partial charge in [0.2, 0.25) is 0 Å². The highest BCUT2D eigenvalue weighted by Crippen LogP contribution is 2.21. The summed E-state index contributed by atoms with van der Waals surface area (Å²) < 4.78 is 23.0. The second-order valence-electron chi connectivity index (χ2n) is 6.43. The first-order chi connectivity index (χ1) is 11.1. The van der Waals surface area contributed by atoms with Crippen LogP contribution in [0.3, 0.4) is 0 Å². The summed E-state index contributed by atoms with van der Waals surface area (Å²) in [5.74, 6) is -0.236. The molecule has 0 bridgehead atoms. The van der Waals surface area contributed by atoms with Crippen molar-refractivity contribution in [1.82, 2.24) is 5.32 Å². The number of amides is 1. The highest BCUT2D eigenvalue weighted by Gasteiger charge is 2.23. The summed E-state index contributed by atoms with van der Waals surface area (Å²) in [6.07, 6.45) is 2.12. The van der Waals surface area contributed by atoms with Gasteiger partial charge in [-0.3, -0.25) is 4.79 Å². The summed E-state index contributed by atoms with van der Waals surface area (Å²) >= 11 is 0. The Morgan fingerprint density at radius 1 is 1.00 bits per heavy atom. The molecular formula is C19H23NO3S. The van der Waals surface area contributed by atoms with Crippen LogP contribution < -0.4 is 5.32 Å². The maximum Gasteiger partial charge on any atom is 0.251 e. The predicted octanol–water partition coefficient (Wildman–Crippen LogP) is 3.32. The van der Waals surface area contributed by atoms with Gasteiger partial charge >= 0.3 is 0 Å². The van der Waals surface area contributed by atoms with E-state index in [0.717, 1.165) is 18.2 Å². The minimum atomic E-state index is -3.26. The monoisotopic (exact) mass is 345 g/mol. The normalized spacial score (nSPS) is 12.0. The average molecular weight is 345 g/mol. The van der Waals surface area contributed by atoms with Crippen molar-refractivity contribution in [2.45, 2.75) is 37.6 Å². The van der Waals surface area contributed by atoms with Gasteiger partial charge in [-0.2, -0.15) is 0 Å². The third-order valence-corrected chi connectivity index (χ3v) is 5.18. The van der Waals surface area contributed by atoms with Crippen LogP contribution in [0.25, 0.3) is 0 Å². The smallest absolute Gasteiger partial charge is 0.251 e. The van der Waals surface area contributed by atoms with Gasteiger partial charge in [0.05, 0.1) is 10.4 Å². The minimum Gasteiger partial charge on any atom is -0.343 e. The van der Waals surface area contributed by atoms with Gasteiger partial charge in [-0.1, -0.05) is 31.2 Å². The number of benzene rings is 2. The fourth-order valence-electron chi connectivity index (χ4n) is 2.44. The first-order valence-corrected chi connectivity index (χ1v) is 9.74.